The molecule has 0 radical (unpaired) electrons. The molecule has 89 heavy (non-hydrogen) atoms. The van der Waals surface area contributed by atoms with Crippen LogP contribution in [0.15, 0.2) is 0 Å². The molecule has 8 aliphatic rings. The van der Waals surface area contributed by atoms with Crippen LogP contribution in [0, 0.1) is 0 Å². The maximum absolute atomic E-state index is 11.8. The Labute approximate surface area is 501 Å². The number of hydrogen-bond donors (Lipinski definition) is 26. The topological polar surface area (TPSA) is 664 Å². The van der Waals surface area contributed by atoms with Crippen LogP contribution in [0.4, 0.5) is 0 Å². The van der Waals surface area contributed by atoms with Crippen molar-refractivity contribution in [1.82, 2.24) is 0 Å². The Hall–Kier alpha value is -1.64. The minimum Gasteiger partial charge on any atom is -0.394 e. The first-order valence-corrected chi connectivity index (χ1v) is 27.9. The molecule has 8 saturated heterocycles. The largest absolute Gasteiger partial charge is 0.394 e. The zero-order chi connectivity index (χ0) is 65.8. The highest BCUT2D eigenvalue weighted by molar-refractivity contribution is 5.07. The van der Waals surface area contributed by atoms with Gasteiger partial charge in [-0.1, -0.05) is 0 Å². The average Bonchev–Trinajstić information content (AvgIpc) is 1.71. The van der Waals surface area contributed by atoms with Gasteiger partial charge in [0.1, 0.15) is 199 Å². The summed E-state index contributed by atoms with van der Waals surface area (Å²) in [6.45, 7) is -19.6. The number of ether oxygens (including phenoxy) is 15. The molecule has 0 bridgehead atoms. The lowest BCUT2D eigenvalue weighted by Gasteiger charge is -2.43. The molecule has 0 aliphatic carbocycles. The lowest BCUT2D eigenvalue weighted by molar-refractivity contribution is -0.392. The van der Waals surface area contributed by atoms with Crippen molar-refractivity contribution in [2.45, 2.75) is 193 Å². The third kappa shape index (κ3) is 12.9. The van der Waals surface area contributed by atoms with Crippen LogP contribution in [-0.2, 0) is 71.1 Å². The Bertz CT molecular complexity index is 2270. The fraction of sp³-hybridized carbons (Fsp3) is 1.00. The van der Waals surface area contributed by atoms with Gasteiger partial charge in [0.2, 0.25) is 46.3 Å². The van der Waals surface area contributed by atoms with E-state index in [1.54, 1.807) is 0 Å². The van der Waals surface area contributed by atoms with Gasteiger partial charge in [-0.3, -0.25) is 0 Å². The number of hydrogen-bond acceptors (Lipinski definition) is 41. The van der Waals surface area contributed by atoms with Crippen molar-refractivity contribution in [1.29, 1.82) is 0 Å². The fourth-order valence-corrected chi connectivity index (χ4v) is 11.7. The molecular formula is C48H82O41. The van der Waals surface area contributed by atoms with Crippen LogP contribution >= 0.6 is 0 Å². The van der Waals surface area contributed by atoms with Gasteiger partial charge in [0.05, 0.1) is 52.9 Å². The van der Waals surface area contributed by atoms with Gasteiger partial charge in [0.15, 0.2) is 0 Å². The molecular weight excluding hydrogens is 1230 g/mol. The van der Waals surface area contributed by atoms with Gasteiger partial charge in [-0.25, -0.2) is 0 Å². The molecule has 0 amide bonds. The monoisotopic (exact) mass is 1310 g/mol. The van der Waals surface area contributed by atoms with Gasteiger partial charge in [0.25, 0.3) is 0 Å². The van der Waals surface area contributed by atoms with Gasteiger partial charge < -0.3 is 204 Å². The summed E-state index contributed by atoms with van der Waals surface area (Å²) < 4.78 is 86.5. The lowest BCUT2D eigenvalue weighted by atomic mass is 10.0. The van der Waals surface area contributed by atoms with Gasteiger partial charge in [0, 0.05) is 0 Å². The van der Waals surface area contributed by atoms with Gasteiger partial charge >= 0.3 is 0 Å². The van der Waals surface area contributed by atoms with E-state index >= 15 is 0 Å². The molecule has 26 N–H and O–H groups in total. The summed E-state index contributed by atoms with van der Waals surface area (Å²) in [6, 6.07) is 0. The first-order chi connectivity index (χ1) is 41.9. The summed E-state index contributed by atoms with van der Waals surface area (Å²) in [6.07, 6.45) is -49.8. The van der Waals surface area contributed by atoms with E-state index in [1.165, 1.54) is 0 Å². The Morgan fingerprint density at radius 3 is 0.551 bits per heavy atom. The van der Waals surface area contributed by atoms with E-state index in [9.17, 15) is 133 Å². The van der Waals surface area contributed by atoms with E-state index in [0.29, 0.717) is 0 Å². The standard InChI is InChI=1S/C48H82O41/c49-1-17-25(58)33(66)41(74,82-17)10-75-43(35(68)27(60)19(3-51)84-43)12-77-45(37(70)29(62)21(5-53)86-45)14-79-47(39(72)31(64)23(7-55)88-47)16-81-48(40(73)32(65)24(8-56)89-48)15-80-46(38(71)30(63)22(6-54)87-46)13-78-44(36(69)28(61)20(4-52)85-44)11-76-42(9-57)34(67)26(59)18(2-50)83-42/h17-40,49-74H,1-16H2/t17-,18-,19-,20-,21-,22-,23-,24-,25-,26-,27-,28-,29-,30-,31-,32-,33+,34+,35+,36+,37+,38+,39+,40+,41-,42-,43-,44-,45-,46-,47-,48-/m1/s1. The average molecular weight is 1320 g/mol. The van der Waals surface area contributed by atoms with Gasteiger partial charge in [-0.15, -0.1) is 0 Å². The summed E-state index contributed by atoms with van der Waals surface area (Å²) in [7, 11) is 0. The Morgan fingerprint density at radius 1 is 0.213 bits per heavy atom. The van der Waals surface area contributed by atoms with Crippen molar-refractivity contribution in [2.24, 2.45) is 0 Å². The van der Waals surface area contributed by atoms with Crippen LogP contribution in [-0.4, -0.2) is 431 Å². The van der Waals surface area contributed by atoms with Crippen LogP contribution < -0.4 is 0 Å². The lowest BCUT2D eigenvalue weighted by Crippen LogP contribution is -2.61. The smallest absolute Gasteiger partial charge is 0.222 e. The molecule has 41 nitrogen and oxygen atoms in total. The van der Waals surface area contributed by atoms with Gasteiger partial charge in [-0.2, -0.15) is 0 Å². The molecule has 0 spiro atoms. The predicted octanol–water partition coefficient (Wildman–Crippen LogP) is -18.4. The predicted molar refractivity (Wildman–Crippen MR) is 265 cm³/mol. The second-order valence-electron chi connectivity index (χ2n) is 22.9. The molecule has 0 aromatic rings. The van der Waals surface area contributed by atoms with Crippen molar-refractivity contribution >= 4 is 0 Å². The second-order valence-corrected chi connectivity index (χ2v) is 22.9. The number of rotatable bonds is 30. The second kappa shape index (κ2) is 28.2. The highest BCUT2D eigenvalue weighted by Crippen LogP contribution is 2.46. The first kappa shape index (κ1) is 73.2. The van der Waals surface area contributed by atoms with E-state index in [-0.39, 0.29) is 0 Å². The summed E-state index contributed by atoms with van der Waals surface area (Å²) in [5, 5.41) is 281. The Kier molecular flexibility index (Phi) is 23.2. The maximum atomic E-state index is 11.8. The molecule has 8 fully saturated rings. The van der Waals surface area contributed by atoms with Crippen LogP contribution in [0.1, 0.15) is 0 Å². The SMILES string of the molecule is OC[C@H]1O[C@@](CO)(OC[C@@]2(OC[C@@]3(OC[C@@]4(OC[C@@]5(OC[C@@]6(OC[C@@]7(OC[C@@]8(O)O[C@H](CO)[C@@H](O)[C@@H]8O)O[C@H](CO)[C@@H](O)[C@@H]7O)O[C@H](CO)[C@@H](O)[C@@H]6O)O[C@H](CO)[C@@H](O)[C@@H]5O)O[C@H](CO)[C@@H](O)[C@@H]4O)O[C@H](CO)[C@@H](O)[C@@H]3O)O[C@H](CO)[C@@H](O)[C@@H]2O)[C@@H](O)[C@@H]1O. The summed E-state index contributed by atoms with van der Waals surface area (Å²) in [5.74, 6) is -23.5. The first-order valence-electron chi connectivity index (χ1n) is 27.9. The molecule has 520 valence electrons. The molecule has 41 heteroatoms. The molecule has 32 atom stereocenters. The Morgan fingerprint density at radius 2 is 0.371 bits per heavy atom. The summed E-state index contributed by atoms with van der Waals surface area (Å²) >= 11 is 0. The van der Waals surface area contributed by atoms with Crippen molar-refractivity contribution < 1.29 is 204 Å². The van der Waals surface area contributed by atoms with E-state index < -0.39 is 299 Å². The van der Waals surface area contributed by atoms with Crippen LogP contribution in [0.5, 0.6) is 0 Å². The van der Waals surface area contributed by atoms with Crippen LogP contribution in [0.2, 0.25) is 0 Å². The zero-order valence-corrected chi connectivity index (χ0v) is 46.9. The molecule has 8 heterocycles. The number of aliphatic hydroxyl groups excluding tert-OH is 25. The molecule has 8 aliphatic heterocycles. The van der Waals surface area contributed by atoms with Crippen LogP contribution in [0.25, 0.3) is 0 Å². The van der Waals surface area contributed by atoms with Gasteiger partial charge in [-0.05, 0) is 0 Å². The number of aliphatic hydroxyl groups is 26. The minimum absolute atomic E-state index is 0.932. The normalized spacial score (nSPS) is 52.5. The molecule has 0 aromatic carbocycles. The van der Waals surface area contributed by atoms with E-state index in [0.717, 1.165) is 0 Å². The molecule has 8 rings (SSSR count). The molecule has 0 saturated carbocycles. The highest BCUT2D eigenvalue weighted by atomic mass is 16.8. The fourth-order valence-electron chi connectivity index (χ4n) is 11.7. The molecule has 0 aromatic heterocycles. The van der Waals surface area contributed by atoms with E-state index in [4.69, 9.17) is 71.1 Å². The van der Waals surface area contributed by atoms with Crippen LogP contribution in [0.3, 0.4) is 0 Å². The van der Waals surface area contributed by atoms with E-state index in [1.807, 2.05) is 0 Å². The van der Waals surface area contributed by atoms with Crippen molar-refractivity contribution in [2.75, 3.05) is 106 Å². The molecule has 0 unspecified atom stereocenters. The Balaban J connectivity index is 1.10. The third-order valence-electron chi connectivity index (χ3n) is 17.4. The van der Waals surface area contributed by atoms with E-state index in [2.05, 4.69) is 0 Å². The zero-order valence-electron chi connectivity index (χ0n) is 46.9. The quantitative estimate of drug-likeness (QED) is 0.0318. The van der Waals surface area contributed by atoms with Crippen molar-refractivity contribution in [3.05, 3.63) is 0 Å². The maximum Gasteiger partial charge on any atom is 0.222 e. The van der Waals surface area contributed by atoms with Crippen molar-refractivity contribution in [3.8, 4) is 0 Å². The summed E-state index contributed by atoms with van der Waals surface area (Å²) in [5.41, 5.74) is 0. The highest BCUT2D eigenvalue weighted by Gasteiger charge is 2.68. The summed E-state index contributed by atoms with van der Waals surface area (Å²) in [4.78, 5) is 0. The minimum atomic E-state index is -3.07. The third-order valence-corrected chi connectivity index (χ3v) is 17.4. The van der Waals surface area contributed by atoms with Crippen molar-refractivity contribution in [3.63, 3.8) is 0 Å².